The lowest BCUT2D eigenvalue weighted by molar-refractivity contribution is 0.285. The second-order valence-electron chi connectivity index (χ2n) is 3.06. The van der Waals surface area contributed by atoms with E-state index in [-0.39, 0.29) is 0 Å². The van der Waals surface area contributed by atoms with Crippen molar-refractivity contribution in [1.82, 2.24) is 5.32 Å². The Balaban J connectivity index is 2.81. The Hall–Kier alpha value is -0.840. The quantitative estimate of drug-likeness (QED) is 0.464. The van der Waals surface area contributed by atoms with Gasteiger partial charge in [0.1, 0.15) is 10.5 Å². The van der Waals surface area contributed by atoms with E-state index in [0.29, 0.717) is 6.67 Å². The number of hydrogen-bond donors (Lipinski definition) is 2. The molecule has 82 valence electrons. The second kappa shape index (κ2) is 6.61. The van der Waals surface area contributed by atoms with E-state index in [2.05, 4.69) is 10.3 Å². The van der Waals surface area contributed by atoms with Gasteiger partial charge >= 0.3 is 0 Å². The fraction of sp³-hybridized carbons (Fsp3) is 0.364. The molecule has 0 aliphatic heterocycles. The van der Waals surface area contributed by atoms with Gasteiger partial charge in [-0.1, -0.05) is 42.1 Å². The Labute approximate surface area is 94.6 Å². The molecule has 15 heavy (non-hydrogen) atoms. The van der Waals surface area contributed by atoms with Gasteiger partial charge < -0.3 is 10.4 Å². The number of rotatable bonds is 4. The maximum atomic E-state index is 9.35. The SMILES string of the molecule is CNCN=C(SC(C)O)c1ccccc1. The van der Waals surface area contributed by atoms with Gasteiger partial charge in [-0.25, -0.2) is 0 Å². The monoisotopic (exact) mass is 224 g/mol. The second-order valence-corrected chi connectivity index (χ2v) is 4.36. The van der Waals surface area contributed by atoms with Gasteiger partial charge in [0.25, 0.3) is 0 Å². The molecule has 1 aromatic carbocycles. The Bertz CT molecular complexity index is 312. The van der Waals surface area contributed by atoms with Gasteiger partial charge in [0.2, 0.25) is 0 Å². The van der Waals surface area contributed by atoms with Crippen LogP contribution in [0.25, 0.3) is 0 Å². The molecule has 1 unspecified atom stereocenters. The Morgan fingerprint density at radius 2 is 2.13 bits per heavy atom. The van der Waals surface area contributed by atoms with Gasteiger partial charge in [-0.2, -0.15) is 0 Å². The summed E-state index contributed by atoms with van der Waals surface area (Å²) in [5.74, 6) is 0. The number of aliphatic hydroxyl groups excluding tert-OH is 1. The summed E-state index contributed by atoms with van der Waals surface area (Å²) in [4.78, 5) is 4.36. The topological polar surface area (TPSA) is 44.6 Å². The molecular weight excluding hydrogens is 208 g/mol. The van der Waals surface area contributed by atoms with Crippen LogP contribution in [-0.4, -0.2) is 29.3 Å². The molecule has 0 spiro atoms. The highest BCUT2D eigenvalue weighted by Gasteiger charge is 2.06. The van der Waals surface area contributed by atoms with Crippen LogP contribution in [0, 0.1) is 0 Å². The Kier molecular flexibility index (Phi) is 5.39. The molecule has 0 aliphatic rings. The summed E-state index contributed by atoms with van der Waals surface area (Å²) < 4.78 is 0. The molecule has 3 nitrogen and oxygen atoms in total. The number of aliphatic imine (C=N–C) groups is 1. The Morgan fingerprint density at radius 3 is 2.67 bits per heavy atom. The zero-order valence-corrected chi connectivity index (χ0v) is 9.79. The van der Waals surface area contributed by atoms with Crippen LogP contribution in [0.2, 0.25) is 0 Å². The Morgan fingerprint density at radius 1 is 1.47 bits per heavy atom. The van der Waals surface area contributed by atoms with Crippen molar-refractivity contribution in [2.24, 2.45) is 4.99 Å². The number of aliphatic hydroxyl groups is 1. The van der Waals surface area contributed by atoms with E-state index in [1.54, 1.807) is 6.92 Å². The van der Waals surface area contributed by atoms with Crippen molar-refractivity contribution in [3.05, 3.63) is 35.9 Å². The first kappa shape index (κ1) is 12.2. The average molecular weight is 224 g/mol. The lowest BCUT2D eigenvalue weighted by Gasteiger charge is -2.08. The molecule has 1 atom stereocenters. The maximum absolute atomic E-state index is 9.35. The van der Waals surface area contributed by atoms with Crippen LogP contribution in [0.4, 0.5) is 0 Å². The van der Waals surface area contributed by atoms with Crippen LogP contribution in [-0.2, 0) is 0 Å². The molecule has 0 heterocycles. The van der Waals surface area contributed by atoms with Crippen LogP contribution in [0.3, 0.4) is 0 Å². The largest absolute Gasteiger partial charge is 0.382 e. The zero-order valence-electron chi connectivity index (χ0n) is 8.97. The van der Waals surface area contributed by atoms with Crippen LogP contribution in [0.1, 0.15) is 12.5 Å². The summed E-state index contributed by atoms with van der Waals surface area (Å²) in [6.07, 6.45) is 0. The number of hydrogen-bond acceptors (Lipinski definition) is 4. The van der Waals surface area contributed by atoms with Gasteiger partial charge in [0, 0.05) is 5.56 Å². The fourth-order valence-electron chi connectivity index (χ4n) is 1.09. The van der Waals surface area contributed by atoms with Gasteiger partial charge in [-0.05, 0) is 14.0 Å². The third-order valence-electron chi connectivity index (χ3n) is 1.68. The summed E-state index contributed by atoms with van der Waals surface area (Å²) in [5.41, 5.74) is 0.597. The first-order valence-corrected chi connectivity index (χ1v) is 5.71. The first-order chi connectivity index (χ1) is 7.24. The van der Waals surface area contributed by atoms with Crippen molar-refractivity contribution < 1.29 is 5.11 Å². The summed E-state index contributed by atoms with van der Waals surface area (Å²) in [7, 11) is 1.85. The van der Waals surface area contributed by atoms with Crippen LogP contribution in [0.15, 0.2) is 35.3 Å². The molecule has 0 saturated carbocycles. The molecular formula is C11H16N2OS. The van der Waals surface area contributed by atoms with Crippen LogP contribution < -0.4 is 5.32 Å². The average Bonchev–Trinajstić information content (AvgIpc) is 2.25. The molecule has 1 rings (SSSR count). The van der Waals surface area contributed by atoms with Crippen molar-refractivity contribution in [2.45, 2.75) is 12.4 Å². The zero-order chi connectivity index (χ0) is 11.1. The van der Waals surface area contributed by atoms with E-state index in [1.807, 2.05) is 37.4 Å². The number of nitrogens with zero attached hydrogens (tertiary/aromatic N) is 1. The van der Waals surface area contributed by atoms with E-state index in [4.69, 9.17) is 0 Å². The lowest BCUT2D eigenvalue weighted by atomic mass is 10.2. The first-order valence-electron chi connectivity index (χ1n) is 4.83. The standard InChI is InChI=1S/C11H16N2OS/c1-9(14)15-11(13-8-12-2)10-6-4-3-5-7-10/h3-7,9,12,14H,8H2,1-2H3. The van der Waals surface area contributed by atoms with E-state index >= 15 is 0 Å². The van der Waals surface area contributed by atoms with Crippen molar-refractivity contribution in [2.75, 3.05) is 13.7 Å². The lowest BCUT2D eigenvalue weighted by Crippen LogP contribution is -2.10. The van der Waals surface area contributed by atoms with E-state index < -0.39 is 5.44 Å². The van der Waals surface area contributed by atoms with Crippen molar-refractivity contribution >= 4 is 16.8 Å². The predicted octanol–water partition coefficient (Wildman–Crippen LogP) is 1.68. The molecule has 0 fully saturated rings. The van der Waals surface area contributed by atoms with Crippen LogP contribution >= 0.6 is 11.8 Å². The summed E-state index contributed by atoms with van der Waals surface area (Å²) in [6.45, 7) is 2.30. The van der Waals surface area contributed by atoms with Gasteiger partial charge in [-0.3, -0.25) is 4.99 Å². The summed E-state index contributed by atoms with van der Waals surface area (Å²) in [6, 6.07) is 9.87. The van der Waals surface area contributed by atoms with E-state index in [0.717, 1.165) is 10.6 Å². The molecule has 0 aliphatic carbocycles. The molecule has 0 saturated heterocycles. The van der Waals surface area contributed by atoms with Gasteiger partial charge in [0.15, 0.2) is 0 Å². The molecule has 1 aromatic rings. The third kappa shape index (κ3) is 4.46. The van der Waals surface area contributed by atoms with Gasteiger partial charge in [0.05, 0.1) is 6.67 Å². The summed E-state index contributed by atoms with van der Waals surface area (Å²) in [5, 5.41) is 13.2. The number of nitrogens with one attached hydrogen (secondary N) is 1. The van der Waals surface area contributed by atoms with Crippen molar-refractivity contribution in [3.63, 3.8) is 0 Å². The molecule has 0 aromatic heterocycles. The normalized spacial score (nSPS) is 13.9. The van der Waals surface area contributed by atoms with E-state index in [1.165, 1.54) is 11.8 Å². The smallest absolute Gasteiger partial charge is 0.102 e. The van der Waals surface area contributed by atoms with Gasteiger partial charge in [-0.15, -0.1) is 0 Å². The predicted molar refractivity (Wildman–Crippen MR) is 66.2 cm³/mol. The van der Waals surface area contributed by atoms with Crippen molar-refractivity contribution in [1.29, 1.82) is 0 Å². The van der Waals surface area contributed by atoms with Crippen molar-refractivity contribution in [3.8, 4) is 0 Å². The third-order valence-corrected chi connectivity index (χ3v) is 2.61. The minimum Gasteiger partial charge on any atom is -0.382 e. The number of benzene rings is 1. The molecule has 2 N–H and O–H groups in total. The fourth-order valence-corrected chi connectivity index (χ4v) is 1.82. The molecule has 4 heteroatoms. The highest BCUT2D eigenvalue weighted by atomic mass is 32.2. The maximum Gasteiger partial charge on any atom is 0.102 e. The summed E-state index contributed by atoms with van der Waals surface area (Å²) >= 11 is 1.36. The highest BCUT2D eigenvalue weighted by Crippen LogP contribution is 2.17. The van der Waals surface area contributed by atoms with E-state index in [9.17, 15) is 5.11 Å². The molecule has 0 radical (unpaired) electrons. The number of thioether (sulfide) groups is 1. The highest BCUT2D eigenvalue weighted by molar-refractivity contribution is 8.14. The molecule has 0 bridgehead atoms. The minimum atomic E-state index is -0.444. The van der Waals surface area contributed by atoms with Crippen LogP contribution in [0.5, 0.6) is 0 Å². The molecule has 0 amide bonds. The minimum absolute atomic E-state index is 0.444.